The van der Waals surface area contributed by atoms with Gasteiger partial charge in [-0.25, -0.2) is 12.8 Å². The number of nitrogens with one attached hydrogen (secondary N) is 1. The Kier molecular flexibility index (Phi) is 6.43. The summed E-state index contributed by atoms with van der Waals surface area (Å²) in [5, 5.41) is 2.69. The van der Waals surface area contributed by atoms with Crippen molar-refractivity contribution < 1.29 is 30.8 Å². The first-order chi connectivity index (χ1) is 14.4. The lowest BCUT2D eigenvalue weighted by molar-refractivity contribution is -0.127. The molecule has 1 fully saturated rings. The van der Waals surface area contributed by atoms with Crippen LogP contribution in [0.2, 0.25) is 0 Å². The summed E-state index contributed by atoms with van der Waals surface area (Å²) in [6.45, 7) is 1.80. The zero-order chi connectivity index (χ0) is 22.9. The zero-order valence-electron chi connectivity index (χ0n) is 16.7. The second kappa shape index (κ2) is 8.58. The molecule has 5 nitrogen and oxygen atoms in total. The summed E-state index contributed by atoms with van der Waals surface area (Å²) in [7, 11) is -4.01. The summed E-state index contributed by atoms with van der Waals surface area (Å²) < 4.78 is 77.9. The Hall–Kier alpha value is -2.46. The number of anilines is 1. The van der Waals surface area contributed by atoms with E-state index in [1.807, 2.05) is 0 Å². The van der Waals surface area contributed by atoms with Gasteiger partial charge in [0.1, 0.15) is 10.7 Å². The highest BCUT2D eigenvalue weighted by molar-refractivity contribution is 7.89. The van der Waals surface area contributed by atoms with Crippen molar-refractivity contribution in [1.82, 2.24) is 4.31 Å². The predicted molar refractivity (Wildman–Crippen MR) is 107 cm³/mol. The van der Waals surface area contributed by atoms with Gasteiger partial charge in [-0.1, -0.05) is 31.2 Å². The average molecular weight is 458 g/mol. The first-order valence-electron chi connectivity index (χ1n) is 9.63. The Labute approximate surface area is 178 Å². The van der Waals surface area contributed by atoms with Gasteiger partial charge in [-0.05, 0) is 42.7 Å². The van der Waals surface area contributed by atoms with Gasteiger partial charge in [0.2, 0.25) is 15.9 Å². The smallest absolute Gasteiger partial charge is 0.326 e. The van der Waals surface area contributed by atoms with Gasteiger partial charge in [0.15, 0.2) is 0 Å². The maximum absolute atomic E-state index is 13.9. The molecule has 1 saturated heterocycles. The van der Waals surface area contributed by atoms with Gasteiger partial charge in [-0.15, -0.1) is 0 Å². The molecule has 1 heterocycles. The molecule has 0 radical (unpaired) electrons. The van der Waals surface area contributed by atoms with E-state index in [2.05, 4.69) is 5.32 Å². The quantitative estimate of drug-likeness (QED) is 0.677. The van der Waals surface area contributed by atoms with E-state index >= 15 is 0 Å². The minimum atomic E-state index is -4.31. The molecule has 2 aromatic carbocycles. The van der Waals surface area contributed by atoms with E-state index in [4.69, 9.17) is 0 Å². The van der Waals surface area contributed by atoms with Crippen LogP contribution < -0.4 is 5.32 Å². The van der Waals surface area contributed by atoms with Crippen molar-refractivity contribution >= 4 is 21.6 Å². The number of rotatable bonds is 5. The summed E-state index contributed by atoms with van der Waals surface area (Å²) >= 11 is 0. The second-order valence-corrected chi connectivity index (χ2v) is 9.74. The van der Waals surface area contributed by atoms with Crippen LogP contribution in [-0.4, -0.2) is 37.9 Å². The third kappa shape index (κ3) is 5.43. The Balaban J connectivity index is 1.63. The number of sulfonamides is 1. The number of benzene rings is 2. The molecule has 0 unspecified atom stereocenters. The maximum Gasteiger partial charge on any atom is 0.393 e. The standard InChI is InChI=1S/C21H22F4N2O3S/c1-20(19(28)26-16-8-6-15(7-9-16)14-21(23,24)25)10-12-27(13-11-20)31(29,30)18-5-3-2-4-17(18)22/h2-9H,10-14H2,1H3,(H,26,28). The van der Waals surface area contributed by atoms with E-state index in [-0.39, 0.29) is 37.4 Å². The minimum Gasteiger partial charge on any atom is -0.326 e. The number of hydrogen-bond donors (Lipinski definition) is 1. The first-order valence-corrected chi connectivity index (χ1v) is 11.1. The zero-order valence-corrected chi connectivity index (χ0v) is 17.6. The number of piperidine rings is 1. The highest BCUT2D eigenvalue weighted by Gasteiger charge is 2.41. The monoisotopic (exact) mass is 458 g/mol. The molecule has 31 heavy (non-hydrogen) atoms. The maximum atomic E-state index is 13.9. The second-order valence-electron chi connectivity index (χ2n) is 7.84. The molecule has 0 bridgehead atoms. The number of carbonyl (C=O) groups excluding carboxylic acids is 1. The van der Waals surface area contributed by atoms with Crippen LogP contribution in [-0.2, 0) is 21.2 Å². The first kappa shape index (κ1) is 23.2. The third-order valence-corrected chi connectivity index (χ3v) is 7.38. The number of halogens is 4. The number of nitrogens with zero attached hydrogens (tertiary/aromatic N) is 1. The van der Waals surface area contributed by atoms with Gasteiger partial charge in [-0.3, -0.25) is 4.79 Å². The molecule has 0 spiro atoms. The molecule has 0 aromatic heterocycles. The normalized spacial score (nSPS) is 17.3. The van der Waals surface area contributed by atoms with Crippen molar-refractivity contribution in [2.24, 2.45) is 5.41 Å². The van der Waals surface area contributed by atoms with Crippen LogP contribution in [0, 0.1) is 11.2 Å². The average Bonchev–Trinajstić information content (AvgIpc) is 2.69. The fourth-order valence-corrected chi connectivity index (χ4v) is 4.97. The van der Waals surface area contributed by atoms with E-state index in [0.29, 0.717) is 5.69 Å². The van der Waals surface area contributed by atoms with Crippen molar-refractivity contribution in [2.45, 2.75) is 37.3 Å². The molecule has 2 aromatic rings. The predicted octanol–water partition coefficient (Wildman–Crippen LogP) is 4.36. The number of carbonyl (C=O) groups is 1. The number of alkyl halides is 3. The summed E-state index contributed by atoms with van der Waals surface area (Å²) in [6, 6.07) is 10.5. The molecular weight excluding hydrogens is 436 g/mol. The summed E-state index contributed by atoms with van der Waals surface area (Å²) in [6.07, 6.45) is -4.92. The fourth-order valence-electron chi connectivity index (χ4n) is 3.46. The summed E-state index contributed by atoms with van der Waals surface area (Å²) in [5.41, 5.74) is -0.423. The topological polar surface area (TPSA) is 66.5 Å². The highest BCUT2D eigenvalue weighted by atomic mass is 32.2. The van der Waals surface area contributed by atoms with Crippen LogP contribution in [0.25, 0.3) is 0 Å². The minimum absolute atomic E-state index is 0.0467. The van der Waals surface area contributed by atoms with Crippen LogP contribution in [0.5, 0.6) is 0 Å². The van der Waals surface area contributed by atoms with E-state index < -0.39 is 38.7 Å². The van der Waals surface area contributed by atoms with Gasteiger partial charge in [0, 0.05) is 24.2 Å². The lowest BCUT2D eigenvalue weighted by atomic mass is 9.80. The van der Waals surface area contributed by atoms with Gasteiger partial charge in [0.05, 0.1) is 6.42 Å². The molecule has 0 saturated carbocycles. The number of hydrogen-bond acceptors (Lipinski definition) is 3. The molecule has 0 atom stereocenters. The van der Waals surface area contributed by atoms with Gasteiger partial charge < -0.3 is 5.32 Å². The molecular formula is C21H22F4N2O3S. The van der Waals surface area contributed by atoms with Crippen LogP contribution in [0.4, 0.5) is 23.2 Å². The van der Waals surface area contributed by atoms with E-state index in [1.165, 1.54) is 42.5 Å². The molecule has 1 N–H and O–H groups in total. The summed E-state index contributed by atoms with van der Waals surface area (Å²) in [5.74, 6) is -1.18. The van der Waals surface area contributed by atoms with Crippen LogP contribution in [0.1, 0.15) is 25.3 Å². The van der Waals surface area contributed by atoms with E-state index in [9.17, 15) is 30.8 Å². The van der Waals surface area contributed by atoms with Crippen molar-refractivity contribution in [3.8, 4) is 0 Å². The Morgan fingerprint density at radius 3 is 2.19 bits per heavy atom. The van der Waals surface area contributed by atoms with E-state index in [0.717, 1.165) is 10.4 Å². The molecule has 1 amide bonds. The lowest BCUT2D eigenvalue weighted by Gasteiger charge is -2.37. The highest BCUT2D eigenvalue weighted by Crippen LogP contribution is 2.35. The molecule has 3 rings (SSSR count). The van der Waals surface area contributed by atoms with Gasteiger partial charge >= 0.3 is 6.18 Å². The molecule has 1 aliphatic heterocycles. The van der Waals surface area contributed by atoms with Crippen molar-refractivity contribution in [2.75, 3.05) is 18.4 Å². The molecule has 10 heteroatoms. The SMILES string of the molecule is CC1(C(=O)Nc2ccc(CC(F)(F)F)cc2)CCN(S(=O)(=O)c2ccccc2F)CC1. The van der Waals surface area contributed by atoms with Crippen molar-refractivity contribution in [3.63, 3.8) is 0 Å². The van der Waals surface area contributed by atoms with Gasteiger partial charge in [0.25, 0.3) is 0 Å². The van der Waals surface area contributed by atoms with Gasteiger partial charge in [-0.2, -0.15) is 17.5 Å². The fraction of sp³-hybridized carbons (Fsp3) is 0.381. The molecule has 168 valence electrons. The largest absolute Gasteiger partial charge is 0.393 e. The third-order valence-electron chi connectivity index (χ3n) is 5.44. The Morgan fingerprint density at radius 1 is 1.06 bits per heavy atom. The van der Waals surface area contributed by atoms with Crippen molar-refractivity contribution in [1.29, 1.82) is 0 Å². The van der Waals surface area contributed by atoms with E-state index in [1.54, 1.807) is 6.92 Å². The van der Waals surface area contributed by atoms with Crippen molar-refractivity contribution in [3.05, 3.63) is 59.9 Å². The summed E-state index contributed by atoms with van der Waals surface area (Å²) in [4.78, 5) is 12.4. The van der Waals surface area contributed by atoms with Crippen LogP contribution >= 0.6 is 0 Å². The van der Waals surface area contributed by atoms with Crippen LogP contribution in [0.3, 0.4) is 0 Å². The van der Waals surface area contributed by atoms with Crippen LogP contribution in [0.15, 0.2) is 53.4 Å². The number of amides is 1. The Morgan fingerprint density at radius 2 is 1.65 bits per heavy atom. The molecule has 1 aliphatic rings. The Bertz CT molecular complexity index is 1050. The lowest BCUT2D eigenvalue weighted by Crippen LogP contribution is -2.47. The molecule has 0 aliphatic carbocycles.